The molecule has 2 N–H and O–H groups in total. The number of anilines is 2. The molecule has 4 aromatic rings. The van der Waals surface area contributed by atoms with E-state index in [0.29, 0.717) is 28.5 Å². The predicted molar refractivity (Wildman–Crippen MR) is 154 cm³/mol. The van der Waals surface area contributed by atoms with Crippen LogP contribution in [0.3, 0.4) is 0 Å². The highest BCUT2D eigenvalue weighted by molar-refractivity contribution is 7.14. The lowest BCUT2D eigenvalue weighted by Crippen LogP contribution is -2.14. The zero-order valence-corrected chi connectivity index (χ0v) is 23.2. The molecule has 0 saturated heterocycles. The van der Waals surface area contributed by atoms with Gasteiger partial charge in [-0.15, -0.1) is 22.7 Å². The van der Waals surface area contributed by atoms with Crippen LogP contribution < -0.4 is 10.6 Å². The Hall–Kier alpha value is -3.36. The minimum absolute atomic E-state index is 0.148. The summed E-state index contributed by atoms with van der Waals surface area (Å²) in [5.41, 5.74) is 6.29. The van der Waals surface area contributed by atoms with E-state index in [1.165, 1.54) is 33.8 Å². The van der Waals surface area contributed by atoms with Crippen LogP contribution in [0.4, 0.5) is 10.3 Å². The summed E-state index contributed by atoms with van der Waals surface area (Å²) in [4.78, 5) is 33.8. The summed E-state index contributed by atoms with van der Waals surface area (Å²) in [5, 5.41) is 10.7. The molecule has 0 radical (unpaired) electrons. The third-order valence-electron chi connectivity index (χ3n) is 6.05. The Morgan fingerprint density at radius 1 is 0.676 bits per heavy atom. The molecule has 8 heteroatoms. The molecule has 0 aliphatic rings. The summed E-state index contributed by atoms with van der Waals surface area (Å²) in [5.74, 6) is 0.663. The third-order valence-corrected chi connectivity index (χ3v) is 7.57. The Labute approximate surface area is 226 Å². The molecule has 0 saturated carbocycles. The smallest absolute Gasteiger partial charge is 0.226 e. The van der Waals surface area contributed by atoms with Crippen LogP contribution in [-0.2, 0) is 9.59 Å². The molecule has 192 valence electrons. The normalized spacial score (nSPS) is 11.2. The summed E-state index contributed by atoms with van der Waals surface area (Å²) in [6, 6.07) is 16.7. The second kappa shape index (κ2) is 12.3. The molecule has 0 atom stereocenters. The first-order valence-corrected chi connectivity index (χ1v) is 14.3. The number of benzene rings is 2. The van der Waals surface area contributed by atoms with E-state index in [0.717, 1.165) is 22.5 Å². The van der Waals surface area contributed by atoms with Gasteiger partial charge in [-0.05, 0) is 29.4 Å². The zero-order chi connectivity index (χ0) is 26.4. The van der Waals surface area contributed by atoms with E-state index in [1.807, 2.05) is 10.8 Å². The quantitative estimate of drug-likeness (QED) is 0.217. The minimum atomic E-state index is -0.148. The Morgan fingerprint density at radius 2 is 1.05 bits per heavy atom. The Balaban J connectivity index is 1.21. The van der Waals surface area contributed by atoms with Crippen molar-refractivity contribution in [2.24, 2.45) is 0 Å². The molecular weight excluding hydrogens is 500 g/mol. The molecule has 0 spiro atoms. The molecule has 6 nitrogen and oxygen atoms in total. The van der Waals surface area contributed by atoms with Gasteiger partial charge < -0.3 is 10.6 Å². The van der Waals surface area contributed by atoms with Gasteiger partial charge in [-0.25, -0.2) is 9.97 Å². The molecule has 0 bridgehead atoms. The average molecular weight is 533 g/mol. The predicted octanol–water partition coefficient (Wildman–Crippen LogP) is 7.93. The van der Waals surface area contributed by atoms with Crippen LogP contribution in [0, 0.1) is 0 Å². The maximum absolute atomic E-state index is 12.4. The highest BCUT2D eigenvalue weighted by Gasteiger charge is 2.12. The summed E-state index contributed by atoms with van der Waals surface area (Å²) < 4.78 is 0. The van der Waals surface area contributed by atoms with E-state index < -0.39 is 0 Å². The largest absolute Gasteiger partial charge is 0.302 e. The molecule has 0 unspecified atom stereocenters. The van der Waals surface area contributed by atoms with Crippen molar-refractivity contribution in [1.29, 1.82) is 0 Å². The van der Waals surface area contributed by atoms with Gasteiger partial charge in [-0.1, -0.05) is 76.2 Å². The van der Waals surface area contributed by atoms with E-state index >= 15 is 0 Å². The van der Waals surface area contributed by atoms with Gasteiger partial charge in [0.25, 0.3) is 0 Å². The van der Waals surface area contributed by atoms with Gasteiger partial charge in [0.1, 0.15) is 0 Å². The summed E-state index contributed by atoms with van der Waals surface area (Å²) >= 11 is 2.80. The fourth-order valence-electron chi connectivity index (χ4n) is 3.78. The lowest BCUT2D eigenvalue weighted by atomic mass is 10.0. The van der Waals surface area contributed by atoms with E-state index in [4.69, 9.17) is 0 Å². The molecule has 2 aromatic heterocycles. The number of amides is 2. The van der Waals surface area contributed by atoms with Gasteiger partial charge in [0.2, 0.25) is 11.8 Å². The first-order valence-electron chi connectivity index (χ1n) is 12.5. The van der Waals surface area contributed by atoms with Gasteiger partial charge in [0.15, 0.2) is 10.3 Å². The lowest BCUT2D eigenvalue weighted by molar-refractivity contribution is -0.117. The van der Waals surface area contributed by atoms with Gasteiger partial charge >= 0.3 is 0 Å². The third kappa shape index (κ3) is 7.33. The number of hydrogen-bond donors (Lipinski definition) is 2. The van der Waals surface area contributed by atoms with Gasteiger partial charge in [0, 0.05) is 34.7 Å². The van der Waals surface area contributed by atoms with Crippen molar-refractivity contribution in [3.05, 3.63) is 70.4 Å². The molecule has 2 heterocycles. The molecule has 4 rings (SSSR count). The maximum Gasteiger partial charge on any atom is 0.226 e. The number of thiazole rings is 2. The maximum atomic E-state index is 12.4. The number of hydrogen-bond acceptors (Lipinski definition) is 6. The molecule has 2 amide bonds. The van der Waals surface area contributed by atoms with Gasteiger partial charge in [-0.2, -0.15) is 0 Å². The number of nitrogens with one attached hydrogen (secondary N) is 2. The van der Waals surface area contributed by atoms with E-state index in [9.17, 15) is 9.59 Å². The second-order valence-corrected chi connectivity index (χ2v) is 11.3. The lowest BCUT2D eigenvalue weighted by Gasteiger charge is -2.05. The SMILES string of the molecule is CC(C)c1ccc(-c2csc(NC(=O)CCCC(=O)Nc3nc(-c4ccc(C(C)C)cc4)cs3)n2)cc1. The van der Waals surface area contributed by atoms with Gasteiger partial charge in [-0.3, -0.25) is 9.59 Å². The van der Waals surface area contributed by atoms with Crippen LogP contribution in [0.15, 0.2) is 59.3 Å². The van der Waals surface area contributed by atoms with Crippen LogP contribution >= 0.6 is 22.7 Å². The molecule has 0 aliphatic carbocycles. The Kier molecular flexibility index (Phi) is 8.84. The van der Waals surface area contributed by atoms with E-state index in [-0.39, 0.29) is 24.7 Å². The standard InChI is InChI=1S/C29H32N4O2S2/c1-18(2)20-8-12-22(13-9-20)24-16-36-28(30-24)32-26(34)6-5-7-27(35)33-29-31-25(17-37-29)23-14-10-21(11-15-23)19(3)4/h8-19H,5-7H2,1-4H3,(H,30,32,34)(H,31,33,35). The topological polar surface area (TPSA) is 84.0 Å². The highest BCUT2D eigenvalue weighted by atomic mass is 32.1. The second-order valence-electron chi connectivity index (χ2n) is 9.58. The highest BCUT2D eigenvalue weighted by Crippen LogP contribution is 2.28. The van der Waals surface area contributed by atoms with Gasteiger partial charge in [0.05, 0.1) is 11.4 Å². The summed E-state index contributed by atoms with van der Waals surface area (Å²) in [6.45, 7) is 8.66. The number of nitrogens with zero attached hydrogens (tertiary/aromatic N) is 2. The van der Waals surface area contributed by atoms with Crippen LogP contribution in [0.1, 0.15) is 69.9 Å². The van der Waals surface area contributed by atoms with Crippen molar-refractivity contribution >= 4 is 44.8 Å². The van der Waals surface area contributed by atoms with Crippen molar-refractivity contribution < 1.29 is 9.59 Å². The number of carbonyl (C=O) groups excluding carboxylic acids is 2. The van der Waals surface area contributed by atoms with Crippen LogP contribution in [0.2, 0.25) is 0 Å². The fourth-order valence-corrected chi connectivity index (χ4v) is 5.25. The fraction of sp³-hybridized carbons (Fsp3) is 0.310. The van der Waals surface area contributed by atoms with Crippen molar-refractivity contribution in [2.45, 2.75) is 58.8 Å². The first-order chi connectivity index (χ1) is 17.8. The minimum Gasteiger partial charge on any atom is -0.302 e. The van der Waals surface area contributed by atoms with Crippen molar-refractivity contribution in [1.82, 2.24) is 9.97 Å². The summed E-state index contributed by atoms with van der Waals surface area (Å²) in [7, 11) is 0. The number of carbonyl (C=O) groups is 2. The Bertz CT molecular complexity index is 1240. The number of rotatable bonds is 10. The zero-order valence-electron chi connectivity index (χ0n) is 21.6. The number of aromatic nitrogens is 2. The molecule has 0 fully saturated rings. The molecule has 2 aromatic carbocycles. The molecular formula is C29H32N4O2S2. The summed E-state index contributed by atoms with van der Waals surface area (Å²) in [6.07, 6.45) is 0.939. The van der Waals surface area contributed by atoms with Crippen molar-refractivity contribution in [3.63, 3.8) is 0 Å². The van der Waals surface area contributed by atoms with Crippen LogP contribution in [0.25, 0.3) is 22.5 Å². The van der Waals surface area contributed by atoms with Crippen molar-refractivity contribution in [3.8, 4) is 22.5 Å². The van der Waals surface area contributed by atoms with E-state index in [1.54, 1.807) is 0 Å². The van der Waals surface area contributed by atoms with Crippen LogP contribution in [-0.4, -0.2) is 21.8 Å². The van der Waals surface area contributed by atoms with Crippen LogP contribution in [0.5, 0.6) is 0 Å². The first kappa shape index (κ1) is 26.7. The molecule has 37 heavy (non-hydrogen) atoms. The van der Waals surface area contributed by atoms with Crippen molar-refractivity contribution in [2.75, 3.05) is 10.6 Å². The average Bonchev–Trinajstić information content (AvgIpc) is 3.54. The van der Waals surface area contributed by atoms with E-state index in [2.05, 4.69) is 96.8 Å². The monoisotopic (exact) mass is 532 g/mol. The molecule has 0 aliphatic heterocycles. The Morgan fingerprint density at radius 3 is 1.41 bits per heavy atom.